The van der Waals surface area contributed by atoms with Crippen LogP contribution in [0.4, 0.5) is 0 Å². The van der Waals surface area contributed by atoms with Crippen LogP contribution in [0.5, 0.6) is 0 Å². The molecule has 0 aliphatic heterocycles. The van der Waals surface area contributed by atoms with Crippen LogP contribution >= 0.6 is 22.6 Å². The summed E-state index contributed by atoms with van der Waals surface area (Å²) >= 11 is 2.48. The van der Waals surface area contributed by atoms with E-state index in [0.717, 1.165) is 0 Å². The summed E-state index contributed by atoms with van der Waals surface area (Å²) in [5.74, 6) is 0. The molecule has 0 aromatic heterocycles. The lowest BCUT2D eigenvalue weighted by atomic mass is 10.0. The molecule has 0 aliphatic rings. The van der Waals surface area contributed by atoms with Crippen molar-refractivity contribution in [2.45, 2.75) is 136 Å². The van der Waals surface area contributed by atoms with E-state index >= 15 is 0 Å². The molecule has 3 unspecified atom stereocenters. The normalized spacial score (nSPS) is 14.6. The fourth-order valence-electron chi connectivity index (χ4n) is 3.23. The number of halogens is 1. The Labute approximate surface area is 183 Å². The van der Waals surface area contributed by atoms with E-state index in [4.69, 9.17) is 15.3 Å². The Morgan fingerprint density at radius 2 is 0.815 bits per heavy atom. The van der Waals surface area contributed by atoms with Gasteiger partial charge in [0.05, 0.1) is 0 Å². The Morgan fingerprint density at radius 3 is 1.00 bits per heavy atom. The third-order valence-corrected chi connectivity index (χ3v) is 5.54. The van der Waals surface area contributed by atoms with Crippen molar-refractivity contribution in [3.63, 3.8) is 0 Å². The van der Waals surface area contributed by atoms with Crippen molar-refractivity contribution in [3.05, 3.63) is 0 Å². The Morgan fingerprint density at radius 1 is 0.556 bits per heavy atom. The predicted molar refractivity (Wildman–Crippen MR) is 126 cm³/mol. The zero-order valence-electron chi connectivity index (χ0n) is 18.5. The number of hydrogen-bond acceptors (Lipinski definition) is 4. The third-order valence-electron chi connectivity index (χ3n) is 4.78. The van der Waals surface area contributed by atoms with Crippen LogP contribution in [0, 0.1) is 0 Å². The molecule has 5 heteroatoms. The summed E-state index contributed by atoms with van der Waals surface area (Å²) in [6, 6.07) is 0. The molecule has 3 N–H and O–H groups in total. The highest BCUT2D eigenvalue weighted by atomic mass is 127. The van der Waals surface area contributed by atoms with Gasteiger partial charge in [0.1, 0.15) is 18.7 Å². The van der Waals surface area contributed by atoms with Crippen LogP contribution in [0.3, 0.4) is 0 Å². The van der Waals surface area contributed by atoms with Crippen LogP contribution in [-0.2, 0) is 0 Å². The van der Waals surface area contributed by atoms with Gasteiger partial charge in [-0.15, -0.1) is 0 Å². The van der Waals surface area contributed by atoms with Crippen LogP contribution in [0.15, 0.2) is 0 Å². The van der Waals surface area contributed by atoms with Gasteiger partial charge in [-0.05, 0) is 31.6 Å². The minimum Gasteiger partial charge on any atom is -0.379 e. The Bertz CT molecular complexity index is 243. The molecular weight excluding hydrogens is 453 g/mol. The molecule has 0 aliphatic carbocycles. The topological polar surface area (TPSA) is 63.9 Å². The van der Waals surface area contributed by atoms with E-state index in [0.29, 0.717) is 0 Å². The van der Waals surface area contributed by atoms with E-state index in [2.05, 4.69) is 29.5 Å². The summed E-state index contributed by atoms with van der Waals surface area (Å²) in [6.07, 6.45) is 18.0. The van der Waals surface area contributed by atoms with Crippen molar-refractivity contribution < 1.29 is 15.3 Å². The molecule has 3 atom stereocenters. The average molecular weight is 502 g/mol. The zero-order chi connectivity index (χ0) is 20.9. The molecule has 0 saturated heterocycles. The Balaban J connectivity index is 0. The van der Waals surface area contributed by atoms with Gasteiger partial charge in [-0.2, -0.15) is 0 Å². The Kier molecular flexibility index (Phi) is 25.2. The maximum absolute atomic E-state index is 8.96. The Hall–Kier alpha value is 0.570. The van der Waals surface area contributed by atoms with Crippen molar-refractivity contribution in [2.24, 2.45) is 0 Å². The molecule has 166 valence electrons. The van der Waals surface area contributed by atoms with Crippen molar-refractivity contribution >= 4 is 22.6 Å². The second kappa shape index (κ2) is 22.9. The molecule has 0 aromatic rings. The van der Waals surface area contributed by atoms with Gasteiger partial charge in [-0.25, -0.2) is 4.90 Å². The van der Waals surface area contributed by atoms with E-state index in [9.17, 15) is 0 Å². The first kappa shape index (κ1) is 29.8. The molecule has 0 spiro atoms. The van der Waals surface area contributed by atoms with Gasteiger partial charge in [0.25, 0.3) is 0 Å². The molecule has 0 bridgehead atoms. The highest BCUT2D eigenvalue weighted by Crippen LogP contribution is 2.13. The molecule has 0 heterocycles. The van der Waals surface area contributed by atoms with Crippen molar-refractivity contribution in [2.75, 3.05) is 4.43 Å². The number of aliphatic hydroxyl groups is 3. The second-order valence-electron chi connectivity index (χ2n) is 7.63. The summed E-state index contributed by atoms with van der Waals surface area (Å²) in [5, 5.41) is 26.9. The predicted octanol–water partition coefficient (Wildman–Crippen LogP) is 6.21. The zero-order valence-corrected chi connectivity index (χ0v) is 20.7. The largest absolute Gasteiger partial charge is 0.379 e. The van der Waals surface area contributed by atoms with Crippen molar-refractivity contribution in [1.82, 2.24) is 4.90 Å². The molecule has 4 nitrogen and oxygen atoms in total. The highest BCUT2D eigenvalue weighted by Gasteiger charge is 2.20. The second-order valence-corrected chi connectivity index (χ2v) is 8.71. The summed E-state index contributed by atoms with van der Waals surface area (Å²) in [4.78, 5) is 1.17. The van der Waals surface area contributed by atoms with Gasteiger partial charge in [0, 0.05) is 0 Å². The highest BCUT2D eigenvalue weighted by molar-refractivity contribution is 14.1. The quantitative estimate of drug-likeness (QED) is 0.0960. The molecule has 27 heavy (non-hydrogen) atoms. The molecule has 0 amide bonds. The van der Waals surface area contributed by atoms with E-state index in [-0.39, 0.29) is 0 Å². The molecule has 0 aromatic carbocycles. The molecule has 0 saturated carbocycles. The number of hydrogen-bond donors (Lipinski definition) is 3. The number of alkyl halides is 1. The number of unbranched alkanes of at least 4 members (excludes halogenated alkanes) is 13. The summed E-state index contributed by atoms with van der Waals surface area (Å²) in [7, 11) is 0. The van der Waals surface area contributed by atoms with E-state index in [1.807, 2.05) is 0 Å². The average Bonchev–Trinajstić information content (AvgIpc) is 2.58. The number of rotatable bonds is 17. The van der Waals surface area contributed by atoms with Gasteiger partial charge in [-0.1, -0.05) is 113 Å². The summed E-state index contributed by atoms with van der Waals surface area (Å²) < 4.78 is 1.34. The molecular formula is C22H48INO3. The van der Waals surface area contributed by atoms with Gasteiger partial charge in [-0.3, -0.25) is 0 Å². The van der Waals surface area contributed by atoms with Crippen molar-refractivity contribution in [1.29, 1.82) is 0 Å². The first-order chi connectivity index (χ1) is 12.9. The number of aliphatic hydroxyl groups excluding tert-OH is 3. The minimum absolute atomic E-state index is 0.833. The van der Waals surface area contributed by atoms with E-state index in [1.54, 1.807) is 0 Å². The molecule has 0 rings (SSSR count). The van der Waals surface area contributed by atoms with Crippen LogP contribution < -0.4 is 0 Å². The fraction of sp³-hybridized carbons (Fsp3) is 1.00. The maximum atomic E-state index is 8.96. The van der Waals surface area contributed by atoms with Gasteiger partial charge < -0.3 is 15.3 Å². The smallest absolute Gasteiger partial charge is 0.108 e. The van der Waals surface area contributed by atoms with Crippen LogP contribution in [0.2, 0.25) is 0 Å². The summed E-state index contributed by atoms with van der Waals surface area (Å²) in [6.45, 7) is 6.75. The standard InChI is InChI=1S/C16H33I.C6H15NO3/c1-2-3-4-5-6-7-8-9-10-11-12-13-14-15-16-17;1-4(8)7(5(2)9)6(3)10/h2-16H2,1H3;4-6,8-10H,1-3H3. The third kappa shape index (κ3) is 22.7. The van der Waals surface area contributed by atoms with Gasteiger partial charge >= 0.3 is 0 Å². The van der Waals surface area contributed by atoms with Gasteiger partial charge in [0.2, 0.25) is 0 Å². The van der Waals surface area contributed by atoms with E-state index < -0.39 is 18.7 Å². The monoisotopic (exact) mass is 501 g/mol. The molecule has 0 fully saturated rings. The van der Waals surface area contributed by atoms with Crippen LogP contribution in [0.25, 0.3) is 0 Å². The summed E-state index contributed by atoms with van der Waals surface area (Å²) in [5.41, 5.74) is 0. The lowest BCUT2D eigenvalue weighted by molar-refractivity contribution is -0.159. The van der Waals surface area contributed by atoms with Crippen molar-refractivity contribution in [3.8, 4) is 0 Å². The van der Waals surface area contributed by atoms with E-state index in [1.165, 1.54) is 120 Å². The maximum Gasteiger partial charge on any atom is 0.108 e. The number of nitrogens with zero attached hydrogens (tertiary/aromatic N) is 1. The SMILES string of the molecule is CC(O)N(C(C)O)C(C)O.CCCCCCCCCCCCCCCCI. The lowest BCUT2D eigenvalue weighted by Gasteiger charge is -2.30. The first-order valence-electron chi connectivity index (χ1n) is 11.3. The first-order valence-corrected chi connectivity index (χ1v) is 12.8. The fourth-order valence-corrected chi connectivity index (χ4v) is 3.77. The van der Waals surface area contributed by atoms with Gasteiger partial charge in [0.15, 0.2) is 0 Å². The van der Waals surface area contributed by atoms with Crippen LogP contribution in [0.1, 0.15) is 118 Å². The van der Waals surface area contributed by atoms with Crippen LogP contribution in [-0.4, -0.2) is 43.3 Å². The lowest BCUT2D eigenvalue weighted by Crippen LogP contribution is -2.45. The molecule has 0 radical (unpaired) electrons. The minimum atomic E-state index is -0.833.